The van der Waals surface area contributed by atoms with Gasteiger partial charge in [0, 0.05) is 17.1 Å². The first-order valence-corrected chi connectivity index (χ1v) is 7.89. The van der Waals surface area contributed by atoms with Gasteiger partial charge in [-0.15, -0.1) is 11.3 Å². The van der Waals surface area contributed by atoms with Gasteiger partial charge < -0.3 is 5.32 Å². The molecular weight excluding hydrogens is 360 g/mol. The molecule has 0 radical (unpaired) electrons. The molecule has 0 atom stereocenters. The minimum Gasteiger partial charge on any atom is -0.377 e. The number of thiazole rings is 1. The molecule has 0 saturated carbocycles. The number of fused-ring (bicyclic) bond motifs is 1. The highest BCUT2D eigenvalue weighted by Gasteiger charge is 2.13. The molecular formula is C14H12BrF2N3S. The Balaban J connectivity index is 1.90. The summed E-state index contributed by atoms with van der Waals surface area (Å²) in [4.78, 5) is 6.56. The van der Waals surface area contributed by atoms with Crippen LogP contribution in [0, 0.1) is 25.5 Å². The Labute approximate surface area is 132 Å². The molecule has 2 aromatic heterocycles. The molecule has 1 N–H and O–H groups in total. The average molecular weight is 372 g/mol. The summed E-state index contributed by atoms with van der Waals surface area (Å²) in [6, 6.07) is 2.26. The first-order chi connectivity index (χ1) is 9.95. The van der Waals surface area contributed by atoms with E-state index in [1.807, 2.05) is 24.4 Å². The summed E-state index contributed by atoms with van der Waals surface area (Å²) in [6.07, 6.45) is 2.01. The molecule has 3 rings (SSSR count). The Bertz CT molecular complexity index is 825. The van der Waals surface area contributed by atoms with Crippen LogP contribution in [0.25, 0.3) is 4.96 Å². The fourth-order valence-corrected chi connectivity index (χ4v) is 3.39. The van der Waals surface area contributed by atoms with E-state index in [2.05, 4.69) is 26.2 Å². The predicted octanol–water partition coefficient (Wildman–Crippen LogP) is 4.67. The van der Waals surface area contributed by atoms with Crippen LogP contribution in [0.4, 0.5) is 14.5 Å². The van der Waals surface area contributed by atoms with E-state index < -0.39 is 11.6 Å². The molecule has 0 bridgehead atoms. The summed E-state index contributed by atoms with van der Waals surface area (Å²) in [5, 5.41) is 3.00. The number of hydrogen-bond donors (Lipinski definition) is 1. The molecule has 0 aliphatic carbocycles. The van der Waals surface area contributed by atoms with Crippen molar-refractivity contribution < 1.29 is 8.78 Å². The highest BCUT2D eigenvalue weighted by molar-refractivity contribution is 9.10. The highest BCUT2D eigenvalue weighted by Crippen LogP contribution is 2.25. The lowest BCUT2D eigenvalue weighted by atomic mass is 10.2. The average Bonchev–Trinajstić information content (AvgIpc) is 2.88. The number of rotatable bonds is 3. The third kappa shape index (κ3) is 2.67. The van der Waals surface area contributed by atoms with Crippen LogP contribution in [-0.4, -0.2) is 9.38 Å². The molecule has 0 spiro atoms. The number of halogens is 3. The van der Waals surface area contributed by atoms with Gasteiger partial charge >= 0.3 is 0 Å². The summed E-state index contributed by atoms with van der Waals surface area (Å²) >= 11 is 4.67. The summed E-state index contributed by atoms with van der Waals surface area (Å²) in [5.41, 5.74) is 2.12. The van der Waals surface area contributed by atoms with Gasteiger partial charge in [-0.1, -0.05) is 0 Å². The molecule has 7 heteroatoms. The molecule has 3 nitrogen and oxygen atoms in total. The maximum Gasteiger partial charge on any atom is 0.194 e. The van der Waals surface area contributed by atoms with Crippen molar-refractivity contribution in [2.45, 2.75) is 20.4 Å². The molecule has 21 heavy (non-hydrogen) atoms. The maximum atomic E-state index is 13.7. The second-order valence-corrected chi connectivity index (χ2v) is 6.81. The number of hydrogen-bond acceptors (Lipinski definition) is 3. The van der Waals surface area contributed by atoms with Crippen molar-refractivity contribution in [1.82, 2.24) is 9.38 Å². The van der Waals surface area contributed by atoms with Gasteiger partial charge in [0.05, 0.1) is 28.1 Å². The fraction of sp³-hybridized carbons (Fsp3) is 0.214. The van der Waals surface area contributed by atoms with Gasteiger partial charge in [0.1, 0.15) is 11.6 Å². The second kappa shape index (κ2) is 5.38. The van der Waals surface area contributed by atoms with E-state index >= 15 is 0 Å². The van der Waals surface area contributed by atoms with Crippen molar-refractivity contribution in [3.8, 4) is 0 Å². The van der Waals surface area contributed by atoms with E-state index in [4.69, 9.17) is 0 Å². The van der Waals surface area contributed by atoms with Crippen molar-refractivity contribution in [2.75, 3.05) is 5.32 Å². The number of benzene rings is 1. The van der Waals surface area contributed by atoms with Crippen LogP contribution in [-0.2, 0) is 6.54 Å². The second-order valence-electron chi connectivity index (χ2n) is 4.74. The van der Waals surface area contributed by atoms with Crippen LogP contribution in [0.1, 0.15) is 16.3 Å². The summed E-state index contributed by atoms with van der Waals surface area (Å²) < 4.78 is 29.2. The number of nitrogens with one attached hydrogen (secondary N) is 1. The van der Waals surface area contributed by atoms with E-state index in [-0.39, 0.29) is 10.2 Å². The van der Waals surface area contributed by atoms with Gasteiger partial charge in [0.2, 0.25) is 0 Å². The van der Waals surface area contributed by atoms with Crippen molar-refractivity contribution in [2.24, 2.45) is 0 Å². The van der Waals surface area contributed by atoms with Gasteiger partial charge in [-0.25, -0.2) is 13.8 Å². The quantitative estimate of drug-likeness (QED) is 0.678. The first kappa shape index (κ1) is 14.5. The molecule has 110 valence electrons. The largest absolute Gasteiger partial charge is 0.377 e. The standard InChI is InChI=1S/C14H12BrF2N3S/c1-7-6-20-13(8(2)19-14(20)21-7)5-18-12-3-9(15)10(16)4-11(12)17/h3-4,6,18H,5H2,1-2H3. The van der Waals surface area contributed by atoms with E-state index in [0.717, 1.165) is 27.3 Å². The van der Waals surface area contributed by atoms with Crippen molar-refractivity contribution in [3.63, 3.8) is 0 Å². The number of aryl methyl sites for hydroxylation is 2. The van der Waals surface area contributed by atoms with Crippen LogP contribution in [0.2, 0.25) is 0 Å². The first-order valence-electron chi connectivity index (χ1n) is 6.28. The van der Waals surface area contributed by atoms with Crippen LogP contribution in [0.15, 0.2) is 22.8 Å². The third-order valence-electron chi connectivity index (χ3n) is 3.20. The van der Waals surface area contributed by atoms with Gasteiger partial charge in [0.25, 0.3) is 0 Å². The smallest absolute Gasteiger partial charge is 0.194 e. The zero-order valence-corrected chi connectivity index (χ0v) is 13.8. The predicted molar refractivity (Wildman–Crippen MR) is 83.9 cm³/mol. The minimum atomic E-state index is -0.616. The number of aromatic nitrogens is 2. The van der Waals surface area contributed by atoms with E-state index in [0.29, 0.717) is 6.54 Å². The number of nitrogens with zero attached hydrogens (tertiary/aromatic N) is 2. The molecule has 0 aliphatic rings. The molecule has 0 unspecified atom stereocenters. The zero-order chi connectivity index (χ0) is 15.1. The topological polar surface area (TPSA) is 29.3 Å². The van der Waals surface area contributed by atoms with E-state index in [1.54, 1.807) is 11.3 Å². The van der Waals surface area contributed by atoms with Gasteiger partial charge in [-0.05, 0) is 35.8 Å². The molecule has 2 heterocycles. The molecule has 0 fully saturated rings. The SMILES string of the molecule is Cc1cn2c(CNc3cc(Br)c(F)cc3F)c(C)nc2s1. The van der Waals surface area contributed by atoms with Crippen LogP contribution in [0.5, 0.6) is 0 Å². The van der Waals surface area contributed by atoms with Crippen molar-refractivity contribution >= 4 is 37.9 Å². The monoisotopic (exact) mass is 371 g/mol. The lowest BCUT2D eigenvalue weighted by Gasteiger charge is -2.09. The lowest BCUT2D eigenvalue weighted by molar-refractivity contribution is 0.580. The summed E-state index contributed by atoms with van der Waals surface area (Å²) in [6.45, 7) is 4.35. The minimum absolute atomic E-state index is 0.230. The zero-order valence-electron chi connectivity index (χ0n) is 11.4. The maximum absolute atomic E-state index is 13.7. The van der Waals surface area contributed by atoms with Crippen LogP contribution < -0.4 is 5.32 Å². The Morgan fingerprint density at radius 3 is 2.81 bits per heavy atom. The van der Waals surface area contributed by atoms with Crippen molar-refractivity contribution in [1.29, 1.82) is 0 Å². The Hall–Kier alpha value is -1.47. The van der Waals surface area contributed by atoms with Gasteiger partial charge in [0.15, 0.2) is 4.96 Å². The van der Waals surface area contributed by atoms with Gasteiger partial charge in [-0.2, -0.15) is 0 Å². The summed E-state index contributed by atoms with van der Waals surface area (Å²) in [7, 11) is 0. The lowest BCUT2D eigenvalue weighted by Crippen LogP contribution is -2.05. The molecule has 0 aliphatic heterocycles. The third-order valence-corrected chi connectivity index (χ3v) is 4.70. The van der Waals surface area contributed by atoms with Crippen LogP contribution in [0.3, 0.4) is 0 Å². The highest BCUT2D eigenvalue weighted by atomic mass is 79.9. The van der Waals surface area contributed by atoms with E-state index in [9.17, 15) is 8.78 Å². The molecule has 1 aromatic carbocycles. The van der Waals surface area contributed by atoms with E-state index in [1.165, 1.54) is 6.07 Å². The molecule has 0 amide bonds. The Kier molecular flexibility index (Phi) is 3.71. The normalized spacial score (nSPS) is 11.3. The number of imidazole rings is 1. The molecule has 0 saturated heterocycles. The van der Waals surface area contributed by atoms with Crippen molar-refractivity contribution in [3.05, 3.63) is 50.7 Å². The summed E-state index contributed by atoms with van der Waals surface area (Å²) in [5.74, 6) is -1.23. The fourth-order valence-electron chi connectivity index (χ4n) is 2.16. The van der Waals surface area contributed by atoms with Gasteiger partial charge in [-0.3, -0.25) is 4.40 Å². The van der Waals surface area contributed by atoms with Crippen LogP contribution >= 0.6 is 27.3 Å². The Morgan fingerprint density at radius 2 is 2.05 bits per heavy atom. The number of anilines is 1. The Morgan fingerprint density at radius 1 is 1.29 bits per heavy atom. The molecule has 3 aromatic rings.